The molecule has 3 rings (SSSR count). The lowest BCUT2D eigenvalue weighted by molar-refractivity contribution is -0.129. The normalized spacial score (nSPS) is 14.5. The number of benzene rings is 2. The number of carbonyl (C=O) groups excluding carboxylic acids is 1. The summed E-state index contributed by atoms with van der Waals surface area (Å²) in [6, 6.07) is 13.7. The Labute approximate surface area is 172 Å². The van der Waals surface area contributed by atoms with Gasteiger partial charge < -0.3 is 19.1 Å². The van der Waals surface area contributed by atoms with Crippen molar-refractivity contribution in [2.45, 2.75) is 32.4 Å². The molecule has 1 aliphatic rings. The highest BCUT2D eigenvalue weighted by atomic mass is 16.5. The van der Waals surface area contributed by atoms with Crippen molar-refractivity contribution in [2.24, 2.45) is 5.92 Å². The number of amides is 1. The molecular formula is C24H29NO4. The summed E-state index contributed by atoms with van der Waals surface area (Å²) in [6.45, 7) is 2.72. The van der Waals surface area contributed by atoms with Gasteiger partial charge in [-0.05, 0) is 67.2 Å². The largest absolute Gasteiger partial charge is 0.497 e. The molecule has 1 saturated carbocycles. The SMILES string of the molecule is COc1ccc(CN(C(=O)/C=C/c2ccc(OC)c(OC)c2)C(C)C2CC2)cc1. The minimum Gasteiger partial charge on any atom is -0.497 e. The van der Waals surface area contributed by atoms with E-state index in [1.807, 2.05) is 53.4 Å². The van der Waals surface area contributed by atoms with Gasteiger partial charge in [0.1, 0.15) is 5.75 Å². The second-order valence-electron chi connectivity index (χ2n) is 7.34. The van der Waals surface area contributed by atoms with Crippen molar-refractivity contribution in [2.75, 3.05) is 21.3 Å². The summed E-state index contributed by atoms with van der Waals surface area (Å²) in [5.41, 5.74) is 1.98. The second kappa shape index (κ2) is 9.50. The Hall–Kier alpha value is -2.95. The molecule has 0 aliphatic heterocycles. The van der Waals surface area contributed by atoms with E-state index in [4.69, 9.17) is 14.2 Å². The summed E-state index contributed by atoms with van der Waals surface area (Å²) in [5.74, 6) is 2.72. The third kappa shape index (κ3) is 5.31. The Kier molecular flexibility index (Phi) is 6.81. The zero-order valence-corrected chi connectivity index (χ0v) is 17.6. The average molecular weight is 395 g/mol. The molecule has 0 aromatic heterocycles. The molecule has 0 spiro atoms. The predicted molar refractivity (Wildman–Crippen MR) is 114 cm³/mol. The molecule has 1 amide bonds. The van der Waals surface area contributed by atoms with Crippen molar-refractivity contribution in [3.8, 4) is 17.2 Å². The number of hydrogen-bond acceptors (Lipinski definition) is 4. The summed E-state index contributed by atoms with van der Waals surface area (Å²) in [4.78, 5) is 15.0. The van der Waals surface area contributed by atoms with Crippen LogP contribution in [-0.4, -0.2) is 38.2 Å². The fourth-order valence-electron chi connectivity index (χ4n) is 3.40. The van der Waals surface area contributed by atoms with Crippen LogP contribution in [-0.2, 0) is 11.3 Å². The molecule has 0 radical (unpaired) electrons. The van der Waals surface area contributed by atoms with Gasteiger partial charge in [0.25, 0.3) is 0 Å². The number of carbonyl (C=O) groups is 1. The fourth-order valence-corrected chi connectivity index (χ4v) is 3.40. The summed E-state index contributed by atoms with van der Waals surface area (Å²) in [5, 5.41) is 0. The standard InChI is InChI=1S/C24H29NO4/c1-17(20-9-10-20)25(16-19-5-11-21(27-2)12-6-19)24(26)14-8-18-7-13-22(28-3)23(15-18)29-4/h5-8,11-15,17,20H,9-10,16H2,1-4H3/b14-8+. The van der Waals surface area contributed by atoms with Gasteiger partial charge in [0.2, 0.25) is 5.91 Å². The van der Waals surface area contributed by atoms with Crippen LogP contribution in [0.3, 0.4) is 0 Å². The summed E-state index contributed by atoms with van der Waals surface area (Å²) in [7, 11) is 4.86. The Morgan fingerprint density at radius 1 is 1.03 bits per heavy atom. The summed E-state index contributed by atoms with van der Waals surface area (Å²) in [6.07, 6.45) is 5.84. The van der Waals surface area contributed by atoms with Crippen molar-refractivity contribution in [3.05, 3.63) is 59.7 Å². The molecule has 154 valence electrons. The first kappa shape index (κ1) is 20.8. The van der Waals surface area contributed by atoms with E-state index in [1.165, 1.54) is 12.8 Å². The lowest BCUT2D eigenvalue weighted by atomic mass is 10.1. The van der Waals surface area contributed by atoms with Gasteiger partial charge in [0.05, 0.1) is 21.3 Å². The predicted octanol–water partition coefficient (Wildman–Crippen LogP) is 4.55. The van der Waals surface area contributed by atoms with Gasteiger partial charge in [0.15, 0.2) is 11.5 Å². The highest BCUT2D eigenvalue weighted by Crippen LogP contribution is 2.36. The molecular weight excluding hydrogens is 366 g/mol. The minimum atomic E-state index is 0.00926. The smallest absolute Gasteiger partial charge is 0.247 e. The van der Waals surface area contributed by atoms with Gasteiger partial charge in [-0.15, -0.1) is 0 Å². The van der Waals surface area contributed by atoms with Gasteiger partial charge in [0, 0.05) is 18.7 Å². The van der Waals surface area contributed by atoms with Crippen molar-refractivity contribution >= 4 is 12.0 Å². The van der Waals surface area contributed by atoms with E-state index >= 15 is 0 Å². The van der Waals surface area contributed by atoms with Crippen molar-refractivity contribution in [1.29, 1.82) is 0 Å². The number of rotatable bonds is 9. The first-order valence-electron chi connectivity index (χ1n) is 9.89. The van der Waals surface area contributed by atoms with E-state index in [9.17, 15) is 4.79 Å². The number of hydrogen-bond donors (Lipinski definition) is 0. The van der Waals surface area contributed by atoms with Gasteiger partial charge >= 0.3 is 0 Å². The van der Waals surface area contributed by atoms with Crippen LogP contribution in [0.4, 0.5) is 0 Å². The Balaban J connectivity index is 1.76. The first-order chi connectivity index (χ1) is 14.0. The van der Waals surface area contributed by atoms with Crippen LogP contribution in [0.1, 0.15) is 30.9 Å². The van der Waals surface area contributed by atoms with Crippen LogP contribution < -0.4 is 14.2 Å². The molecule has 1 fully saturated rings. The van der Waals surface area contributed by atoms with Crippen LogP contribution in [0.5, 0.6) is 17.2 Å². The molecule has 2 aromatic rings. The molecule has 1 atom stereocenters. The maximum absolute atomic E-state index is 13.1. The van der Waals surface area contributed by atoms with Crippen molar-refractivity contribution in [1.82, 2.24) is 4.90 Å². The van der Waals surface area contributed by atoms with E-state index in [2.05, 4.69) is 6.92 Å². The summed E-state index contributed by atoms with van der Waals surface area (Å²) >= 11 is 0. The van der Waals surface area contributed by atoms with Gasteiger partial charge in [-0.25, -0.2) is 0 Å². The molecule has 2 aromatic carbocycles. The lowest BCUT2D eigenvalue weighted by Gasteiger charge is -2.28. The highest BCUT2D eigenvalue weighted by Gasteiger charge is 2.33. The van der Waals surface area contributed by atoms with E-state index < -0.39 is 0 Å². The van der Waals surface area contributed by atoms with Crippen molar-refractivity contribution < 1.29 is 19.0 Å². The molecule has 1 aliphatic carbocycles. The summed E-state index contributed by atoms with van der Waals surface area (Å²) < 4.78 is 15.8. The minimum absolute atomic E-state index is 0.00926. The topological polar surface area (TPSA) is 48.0 Å². The zero-order valence-electron chi connectivity index (χ0n) is 17.6. The molecule has 1 unspecified atom stereocenters. The van der Waals surface area contributed by atoms with E-state index in [0.29, 0.717) is 24.0 Å². The van der Waals surface area contributed by atoms with Gasteiger partial charge in [-0.3, -0.25) is 4.79 Å². The zero-order chi connectivity index (χ0) is 20.8. The molecule has 29 heavy (non-hydrogen) atoms. The van der Waals surface area contributed by atoms with Crippen LogP contribution in [0.15, 0.2) is 48.5 Å². The molecule has 0 heterocycles. The Bertz CT molecular complexity index is 856. The Morgan fingerprint density at radius 3 is 2.31 bits per heavy atom. The highest BCUT2D eigenvalue weighted by molar-refractivity contribution is 5.92. The van der Waals surface area contributed by atoms with Gasteiger partial charge in [-0.1, -0.05) is 18.2 Å². The Morgan fingerprint density at radius 2 is 1.72 bits per heavy atom. The molecule has 5 nitrogen and oxygen atoms in total. The number of ether oxygens (including phenoxy) is 3. The third-order valence-corrected chi connectivity index (χ3v) is 5.42. The first-order valence-corrected chi connectivity index (χ1v) is 9.89. The number of methoxy groups -OCH3 is 3. The van der Waals surface area contributed by atoms with Crippen LogP contribution in [0.25, 0.3) is 6.08 Å². The third-order valence-electron chi connectivity index (χ3n) is 5.42. The van der Waals surface area contributed by atoms with Crippen LogP contribution in [0, 0.1) is 5.92 Å². The molecule has 0 saturated heterocycles. The van der Waals surface area contributed by atoms with E-state index in [0.717, 1.165) is 16.9 Å². The van der Waals surface area contributed by atoms with Crippen molar-refractivity contribution in [3.63, 3.8) is 0 Å². The average Bonchev–Trinajstić information content (AvgIpc) is 3.61. The number of nitrogens with zero attached hydrogens (tertiary/aromatic N) is 1. The van der Waals surface area contributed by atoms with Crippen LogP contribution in [0.2, 0.25) is 0 Å². The maximum Gasteiger partial charge on any atom is 0.247 e. The quantitative estimate of drug-likeness (QED) is 0.584. The van der Waals surface area contributed by atoms with Gasteiger partial charge in [-0.2, -0.15) is 0 Å². The van der Waals surface area contributed by atoms with E-state index in [-0.39, 0.29) is 11.9 Å². The lowest BCUT2D eigenvalue weighted by Crippen LogP contribution is -2.38. The molecule has 5 heteroatoms. The monoisotopic (exact) mass is 395 g/mol. The fraction of sp³-hybridized carbons (Fsp3) is 0.375. The van der Waals surface area contributed by atoms with E-state index in [1.54, 1.807) is 27.4 Å². The molecule has 0 bridgehead atoms. The maximum atomic E-state index is 13.1. The second-order valence-corrected chi connectivity index (χ2v) is 7.34. The molecule has 0 N–H and O–H groups in total. The van der Waals surface area contributed by atoms with Crippen LogP contribution >= 0.6 is 0 Å².